The Morgan fingerprint density at radius 2 is 1.81 bits per heavy atom. The maximum atomic E-state index is 12.0. The first-order valence-electron chi connectivity index (χ1n) is 7.05. The quantitative estimate of drug-likeness (QED) is 0.799. The molecule has 0 aliphatic carbocycles. The first-order chi connectivity index (χ1) is 10.0. The van der Waals surface area contributed by atoms with Crippen molar-refractivity contribution in [2.24, 2.45) is 0 Å². The molecule has 5 nitrogen and oxygen atoms in total. The van der Waals surface area contributed by atoms with Gasteiger partial charge in [0.1, 0.15) is 17.9 Å². The molecule has 0 aromatic heterocycles. The summed E-state index contributed by atoms with van der Waals surface area (Å²) in [6.07, 6.45) is 1.19. The third kappa shape index (κ3) is 3.05. The van der Waals surface area contributed by atoms with Gasteiger partial charge in [-0.3, -0.25) is 10.1 Å². The number of hydrogen-bond donors (Lipinski definition) is 1. The van der Waals surface area contributed by atoms with Crippen LogP contribution in [0.3, 0.4) is 0 Å². The summed E-state index contributed by atoms with van der Waals surface area (Å²) in [6, 6.07) is 7.16. The van der Waals surface area contributed by atoms with E-state index in [1.165, 1.54) is 0 Å². The SMILES string of the molecule is CCC1(CC)C(=O)NC(=O)N1CCOc1ccc(Br)cc1. The van der Waals surface area contributed by atoms with Gasteiger partial charge in [0.15, 0.2) is 0 Å². The number of nitrogens with zero attached hydrogens (tertiary/aromatic N) is 1. The molecule has 2 rings (SSSR count). The summed E-state index contributed by atoms with van der Waals surface area (Å²) in [4.78, 5) is 25.6. The molecule has 1 aromatic rings. The van der Waals surface area contributed by atoms with Crippen LogP contribution in [0.2, 0.25) is 0 Å². The maximum absolute atomic E-state index is 12.0. The van der Waals surface area contributed by atoms with Crippen LogP contribution < -0.4 is 10.1 Å². The van der Waals surface area contributed by atoms with Crippen molar-refractivity contribution in [3.05, 3.63) is 28.7 Å². The molecule has 0 saturated carbocycles. The van der Waals surface area contributed by atoms with Crippen molar-refractivity contribution < 1.29 is 14.3 Å². The number of benzene rings is 1. The molecule has 21 heavy (non-hydrogen) atoms. The van der Waals surface area contributed by atoms with E-state index in [1.807, 2.05) is 38.1 Å². The van der Waals surface area contributed by atoms with Crippen LogP contribution in [0.15, 0.2) is 28.7 Å². The van der Waals surface area contributed by atoms with Gasteiger partial charge < -0.3 is 9.64 Å². The molecule has 1 aliphatic heterocycles. The van der Waals surface area contributed by atoms with Crippen LogP contribution in [0, 0.1) is 0 Å². The van der Waals surface area contributed by atoms with Crippen LogP contribution in [-0.2, 0) is 4.79 Å². The molecule has 0 spiro atoms. The van der Waals surface area contributed by atoms with Gasteiger partial charge in [0, 0.05) is 4.47 Å². The molecule has 1 fully saturated rings. The second kappa shape index (κ2) is 6.47. The molecule has 1 saturated heterocycles. The van der Waals surface area contributed by atoms with Gasteiger partial charge in [-0.2, -0.15) is 0 Å². The summed E-state index contributed by atoms with van der Waals surface area (Å²) in [5.41, 5.74) is -0.736. The van der Waals surface area contributed by atoms with Crippen LogP contribution in [0.1, 0.15) is 26.7 Å². The zero-order valence-electron chi connectivity index (χ0n) is 12.2. The topological polar surface area (TPSA) is 58.6 Å². The molecule has 1 heterocycles. The van der Waals surface area contributed by atoms with Crippen LogP contribution in [0.4, 0.5) is 4.79 Å². The molecular formula is C15H19BrN2O3. The number of carbonyl (C=O) groups is 2. The fourth-order valence-electron chi connectivity index (χ4n) is 2.65. The summed E-state index contributed by atoms with van der Waals surface area (Å²) < 4.78 is 6.62. The van der Waals surface area contributed by atoms with Crippen molar-refractivity contribution in [2.75, 3.05) is 13.2 Å². The monoisotopic (exact) mass is 354 g/mol. The molecule has 1 aliphatic rings. The average Bonchev–Trinajstić information content (AvgIpc) is 2.72. The second-order valence-electron chi connectivity index (χ2n) is 4.95. The summed E-state index contributed by atoms with van der Waals surface area (Å²) >= 11 is 3.36. The van der Waals surface area contributed by atoms with Crippen LogP contribution >= 0.6 is 15.9 Å². The fourth-order valence-corrected chi connectivity index (χ4v) is 2.92. The number of halogens is 1. The molecule has 1 N–H and O–H groups in total. The molecule has 6 heteroatoms. The molecule has 1 aromatic carbocycles. The number of urea groups is 1. The minimum atomic E-state index is -0.736. The zero-order valence-corrected chi connectivity index (χ0v) is 13.8. The molecule has 0 unspecified atom stereocenters. The highest BCUT2D eigenvalue weighted by molar-refractivity contribution is 9.10. The lowest BCUT2D eigenvalue weighted by Crippen LogP contribution is -2.50. The van der Waals surface area contributed by atoms with E-state index in [0.717, 1.165) is 10.2 Å². The Kier molecular flexibility index (Phi) is 4.88. The zero-order chi connectivity index (χ0) is 15.5. The second-order valence-corrected chi connectivity index (χ2v) is 5.87. The minimum Gasteiger partial charge on any atom is -0.492 e. The number of rotatable bonds is 6. The molecule has 0 atom stereocenters. The number of hydrogen-bond acceptors (Lipinski definition) is 3. The minimum absolute atomic E-state index is 0.207. The van der Waals surface area contributed by atoms with Crippen molar-refractivity contribution in [1.82, 2.24) is 10.2 Å². The highest BCUT2D eigenvalue weighted by atomic mass is 79.9. The Hall–Kier alpha value is -1.56. The third-order valence-corrected chi connectivity index (χ3v) is 4.50. The number of nitrogens with one attached hydrogen (secondary N) is 1. The van der Waals surface area contributed by atoms with Gasteiger partial charge in [0.25, 0.3) is 5.91 Å². The van der Waals surface area contributed by atoms with Crippen LogP contribution in [-0.4, -0.2) is 35.5 Å². The van der Waals surface area contributed by atoms with E-state index in [9.17, 15) is 9.59 Å². The van der Waals surface area contributed by atoms with E-state index in [4.69, 9.17) is 4.74 Å². The number of imide groups is 1. The van der Waals surface area contributed by atoms with E-state index < -0.39 is 5.54 Å². The van der Waals surface area contributed by atoms with Crippen molar-refractivity contribution in [3.63, 3.8) is 0 Å². The molecule has 0 bridgehead atoms. The third-order valence-electron chi connectivity index (χ3n) is 3.97. The van der Waals surface area contributed by atoms with Gasteiger partial charge in [-0.25, -0.2) is 4.79 Å². The maximum Gasteiger partial charge on any atom is 0.325 e. The van der Waals surface area contributed by atoms with E-state index in [0.29, 0.717) is 26.0 Å². The van der Waals surface area contributed by atoms with Crippen LogP contribution in [0.5, 0.6) is 5.75 Å². The van der Waals surface area contributed by atoms with Gasteiger partial charge in [-0.1, -0.05) is 29.8 Å². The Balaban J connectivity index is 1.99. The lowest BCUT2D eigenvalue weighted by Gasteiger charge is -2.33. The highest BCUT2D eigenvalue weighted by Gasteiger charge is 2.49. The van der Waals surface area contributed by atoms with Gasteiger partial charge in [-0.05, 0) is 37.1 Å². The van der Waals surface area contributed by atoms with Crippen LogP contribution in [0.25, 0.3) is 0 Å². The highest BCUT2D eigenvalue weighted by Crippen LogP contribution is 2.29. The Labute approximate surface area is 132 Å². The summed E-state index contributed by atoms with van der Waals surface area (Å²) in [6.45, 7) is 4.58. The van der Waals surface area contributed by atoms with Crippen molar-refractivity contribution >= 4 is 27.9 Å². The average molecular weight is 355 g/mol. The number of ether oxygens (including phenoxy) is 1. The first-order valence-corrected chi connectivity index (χ1v) is 7.84. The van der Waals surface area contributed by atoms with Gasteiger partial charge >= 0.3 is 6.03 Å². The summed E-state index contributed by atoms with van der Waals surface area (Å²) in [7, 11) is 0. The lowest BCUT2D eigenvalue weighted by molar-refractivity contribution is -0.127. The van der Waals surface area contributed by atoms with E-state index >= 15 is 0 Å². The van der Waals surface area contributed by atoms with E-state index in [1.54, 1.807) is 4.90 Å². The van der Waals surface area contributed by atoms with Crippen molar-refractivity contribution in [2.45, 2.75) is 32.2 Å². The number of carbonyl (C=O) groups excluding carboxylic acids is 2. The predicted octanol–water partition coefficient (Wildman–Crippen LogP) is 2.94. The Morgan fingerprint density at radius 3 is 2.38 bits per heavy atom. The number of amides is 3. The standard InChI is InChI=1S/C15H19BrN2O3/c1-3-15(4-2)13(19)17-14(20)18(15)9-10-21-12-7-5-11(16)6-8-12/h5-8H,3-4,9-10H2,1-2H3,(H,17,19,20). The lowest BCUT2D eigenvalue weighted by atomic mass is 9.91. The first kappa shape index (κ1) is 15.8. The summed E-state index contributed by atoms with van der Waals surface area (Å²) in [5, 5.41) is 2.40. The normalized spacial score (nSPS) is 17.0. The smallest absolute Gasteiger partial charge is 0.325 e. The molecular weight excluding hydrogens is 336 g/mol. The Morgan fingerprint density at radius 1 is 1.19 bits per heavy atom. The van der Waals surface area contributed by atoms with Gasteiger partial charge in [0.05, 0.1) is 6.54 Å². The van der Waals surface area contributed by atoms with Gasteiger partial charge in [-0.15, -0.1) is 0 Å². The Bertz CT molecular complexity index is 526. The van der Waals surface area contributed by atoms with E-state index in [-0.39, 0.29) is 11.9 Å². The molecule has 0 radical (unpaired) electrons. The molecule has 3 amide bonds. The van der Waals surface area contributed by atoms with Gasteiger partial charge in [0.2, 0.25) is 0 Å². The fraction of sp³-hybridized carbons (Fsp3) is 0.467. The predicted molar refractivity (Wildman–Crippen MR) is 83.2 cm³/mol. The van der Waals surface area contributed by atoms with Crippen molar-refractivity contribution in [3.8, 4) is 5.75 Å². The largest absolute Gasteiger partial charge is 0.492 e. The van der Waals surface area contributed by atoms with Crippen molar-refractivity contribution in [1.29, 1.82) is 0 Å². The summed E-state index contributed by atoms with van der Waals surface area (Å²) in [5.74, 6) is 0.531. The molecule has 114 valence electrons. The van der Waals surface area contributed by atoms with E-state index in [2.05, 4.69) is 21.2 Å².